The van der Waals surface area contributed by atoms with E-state index in [9.17, 15) is 57.8 Å². The molecule has 0 aliphatic carbocycles. The molecule has 6 aromatic rings. The molecule has 0 bridgehead atoms. The van der Waals surface area contributed by atoms with Crippen molar-refractivity contribution >= 4 is 140 Å². The van der Waals surface area contributed by atoms with E-state index in [1.54, 1.807) is 74.8 Å². The lowest BCUT2D eigenvalue weighted by Gasteiger charge is -2.36. The molecule has 3 unspecified atom stereocenters. The average molecular weight is 1910 g/mol. The lowest BCUT2D eigenvalue weighted by molar-refractivity contribution is -0.149. The molecule has 3 saturated heterocycles. The molecule has 6 heterocycles. The SMILES string of the molecule is CCCC[C@H]1C(=O)N(C)[C@@H](CCCC)C(=O)N[C@@H](CCCNC(=N)N)C(=O)N[C@H](C(=O)NCC(N)=O)CSCC(=O)NC(Cc2ccc(F)cc2)C(=O)N(C)[C@@H](C)C(=O)NC(CC(N)=O)C(=O)N2CCC[C@H]2C(=O)N[C@@H](Cc2cnc[nH]2)C(=O)N[C@@H](CC(C)C)C(=O)N2C[C@H](O)CC2C(=O)N[C@@H](Cc2c[nH]c3ccccc23)C(=O)N[C@@H](CO)C(=O)N[C@@H](Cc2c[nH]c3ccccc23)C(=O)N1C. The maximum Gasteiger partial charge on any atom is 0.246 e. The number of nitrogens with two attached hydrogens (primary N) is 3. The number of benzene rings is 3. The van der Waals surface area contributed by atoms with Gasteiger partial charge in [0.15, 0.2) is 5.96 Å². The number of rotatable bonds is 26. The van der Waals surface area contributed by atoms with E-state index >= 15 is 38.4 Å². The van der Waals surface area contributed by atoms with Crippen molar-refractivity contribution in [1.29, 1.82) is 5.41 Å². The van der Waals surface area contributed by atoms with Gasteiger partial charge in [-0.3, -0.25) is 86.9 Å². The van der Waals surface area contributed by atoms with Crippen molar-refractivity contribution in [2.24, 2.45) is 23.1 Å². The summed E-state index contributed by atoms with van der Waals surface area (Å²) in [6, 6.07) is -3.13. The molecule has 43 nitrogen and oxygen atoms in total. The number of amides is 17. The number of likely N-dealkylation sites (N-methyl/N-ethyl adjacent to an activating group) is 3. The predicted octanol–water partition coefficient (Wildman–Crippen LogP) is -2.50. The molecule has 0 spiro atoms. The summed E-state index contributed by atoms with van der Waals surface area (Å²) in [4.78, 5) is 269. The van der Waals surface area contributed by atoms with Gasteiger partial charge in [0.05, 0.1) is 37.8 Å². The molecule has 23 N–H and O–H groups in total. The number of nitrogens with zero attached hydrogens (tertiary/aromatic N) is 6. The number of carbonyl (C=O) groups is 17. The molecule has 3 aromatic heterocycles. The van der Waals surface area contributed by atoms with Gasteiger partial charge >= 0.3 is 0 Å². The Kier molecular flexibility index (Phi) is 39.5. The van der Waals surface area contributed by atoms with Crippen LogP contribution in [0.4, 0.5) is 4.39 Å². The maximum atomic E-state index is 15.8. The third-order valence-corrected chi connectivity index (χ3v) is 25.3. The van der Waals surface area contributed by atoms with Gasteiger partial charge in [-0.25, -0.2) is 9.37 Å². The summed E-state index contributed by atoms with van der Waals surface area (Å²) in [5, 5.41) is 60.8. The van der Waals surface area contributed by atoms with Crippen LogP contribution in [0.25, 0.3) is 21.8 Å². The Morgan fingerprint density at radius 3 is 1.69 bits per heavy atom. The van der Waals surface area contributed by atoms with Crippen molar-refractivity contribution < 1.29 is 96.1 Å². The van der Waals surface area contributed by atoms with Gasteiger partial charge in [-0.15, -0.1) is 11.8 Å². The van der Waals surface area contributed by atoms with Gasteiger partial charge in [0.2, 0.25) is 100 Å². The minimum atomic E-state index is -1.90. The summed E-state index contributed by atoms with van der Waals surface area (Å²) in [6.45, 7) is 5.94. The van der Waals surface area contributed by atoms with Crippen molar-refractivity contribution in [3.8, 4) is 0 Å². The van der Waals surface area contributed by atoms with Crippen LogP contribution in [0.3, 0.4) is 0 Å². The molecular weight excluding hydrogens is 1780 g/mol. The number of hydrogen-bond acceptors (Lipinski definition) is 22. The van der Waals surface area contributed by atoms with E-state index in [1.165, 1.54) is 52.7 Å². The van der Waals surface area contributed by atoms with Gasteiger partial charge in [-0.2, -0.15) is 0 Å². The number of imidazole rings is 1. The Morgan fingerprint density at radius 1 is 0.559 bits per heavy atom. The first kappa shape index (κ1) is 106. The van der Waals surface area contributed by atoms with Gasteiger partial charge in [-0.1, -0.05) is 102 Å². The van der Waals surface area contributed by atoms with E-state index in [0.29, 0.717) is 69.9 Å². The largest absolute Gasteiger partial charge is 0.394 e. The second-order valence-corrected chi connectivity index (χ2v) is 36.0. The number of unbranched alkanes of at least 4 members (excludes halogenated alkanes) is 2. The maximum absolute atomic E-state index is 15.8. The first-order valence-corrected chi connectivity index (χ1v) is 46.7. The highest BCUT2D eigenvalue weighted by molar-refractivity contribution is 8.00. The van der Waals surface area contributed by atoms with Crippen molar-refractivity contribution in [3.63, 3.8) is 0 Å². The molecule has 9 rings (SSSR count). The van der Waals surface area contributed by atoms with Crippen LogP contribution >= 0.6 is 11.8 Å². The average Bonchev–Trinajstić information content (AvgIpc) is 1.53. The first-order chi connectivity index (χ1) is 64.8. The van der Waals surface area contributed by atoms with Gasteiger partial charge in [-0.05, 0) is 98.7 Å². The Hall–Kier alpha value is -13.6. The second-order valence-electron chi connectivity index (χ2n) is 34.9. The molecule has 738 valence electrons. The van der Waals surface area contributed by atoms with E-state index in [4.69, 9.17) is 22.6 Å². The lowest BCUT2D eigenvalue weighted by atomic mass is 10.00. The Labute approximate surface area is 789 Å². The van der Waals surface area contributed by atoms with Crippen LogP contribution in [0.2, 0.25) is 0 Å². The summed E-state index contributed by atoms with van der Waals surface area (Å²) in [6.07, 6.45) is 3.48. The third kappa shape index (κ3) is 29.5. The number of carbonyl (C=O) groups excluding carboxylic acids is 17. The molecule has 3 aliphatic heterocycles. The second kappa shape index (κ2) is 50.7. The Bertz CT molecular complexity index is 5250. The van der Waals surface area contributed by atoms with Crippen LogP contribution in [0.15, 0.2) is 97.7 Å². The number of primary amides is 2. The molecular formula is C91H127FN24O19S. The number of hydrogen-bond donors (Lipinski definition) is 20. The molecule has 3 fully saturated rings. The fourth-order valence-corrected chi connectivity index (χ4v) is 17.6. The topological polar surface area (TPSA) is 641 Å². The van der Waals surface area contributed by atoms with Gasteiger partial charge in [0, 0.05) is 125 Å². The van der Waals surface area contributed by atoms with Crippen LogP contribution in [-0.4, -0.2) is 317 Å². The highest BCUT2D eigenvalue weighted by Gasteiger charge is 2.47. The Balaban J connectivity index is 1.10. The summed E-state index contributed by atoms with van der Waals surface area (Å²) in [5.41, 5.74) is 19.6. The molecule has 15 atom stereocenters. The summed E-state index contributed by atoms with van der Waals surface area (Å²) in [5.74, 6) is -18.8. The van der Waals surface area contributed by atoms with Gasteiger partial charge in [0.1, 0.15) is 90.4 Å². The standard InChI is InChI=1S/C91H127FN24O19S/c1-9-11-24-70-83(128)104-61(23-17-31-98-91(95)96)79(124)111-69(78(123)101-43-75(94)120)46-136-47-76(121)103-65(34-51-27-29-54(92)30-28-51)86(131)112(6)50(5)77(122)107-67(39-74(93)119)88(133)115-32-18-26-71(115)84(129)106-63(37-55-42-97-48-102-55)81(126)108-64(33-49(3)4)89(134)116-44-56(118)38-73(116)85(130)105-62(35-52-40-99-59-21-15-13-19-57(52)59)80(125)110-68(45-117)82(127)109-66(36-53-41-100-60-22-16-14-20-58(53)60)87(132)114(8)72(25-12-10-2)90(135)113(70)7/h13-16,19-22,27-30,40-42,48-50,56,61-73,99-100,117-118H,9-12,17-18,23-26,31-39,43-47H2,1-8H3,(H2,93,119)(H2,94,120)(H,97,102)(H,101,123)(H,103,121)(H,104,128)(H,105,130)(H,106,129)(H,107,122)(H,108,126)(H,109,127)(H,110,125)(H,111,124)(H4,95,96,98)/t50-,56+,61-,62-,63-,64-,65?,66-,67?,68-,69-,70-,71-,72-,73?/m0/s1. The highest BCUT2D eigenvalue weighted by Crippen LogP contribution is 2.28. The number of halogens is 1. The summed E-state index contributed by atoms with van der Waals surface area (Å²) >= 11 is 0.743. The van der Waals surface area contributed by atoms with Crippen LogP contribution < -0.4 is 75.7 Å². The molecule has 45 heteroatoms. The number of thioether (sulfide) groups is 1. The number of H-pyrrole nitrogens is 3. The molecule has 3 aliphatic rings. The van der Waals surface area contributed by atoms with E-state index in [1.807, 2.05) is 13.8 Å². The number of aliphatic hydroxyl groups is 2. The number of nitrogens with one attached hydrogen (secondary N) is 15. The van der Waals surface area contributed by atoms with Crippen molar-refractivity contribution in [2.75, 3.05) is 65.4 Å². The normalized spacial score (nSPS) is 24.7. The van der Waals surface area contributed by atoms with Gasteiger partial charge in [0.25, 0.3) is 0 Å². The molecule has 0 radical (unpaired) electrons. The zero-order chi connectivity index (χ0) is 99.3. The van der Waals surface area contributed by atoms with E-state index in [-0.39, 0.29) is 89.6 Å². The van der Waals surface area contributed by atoms with Crippen molar-refractivity contribution in [2.45, 2.75) is 234 Å². The molecule has 136 heavy (non-hydrogen) atoms. The predicted molar refractivity (Wildman–Crippen MR) is 498 cm³/mol. The number of aromatic nitrogens is 4. The Morgan fingerprint density at radius 2 is 1.10 bits per heavy atom. The zero-order valence-corrected chi connectivity index (χ0v) is 78.3. The van der Waals surface area contributed by atoms with E-state index in [2.05, 4.69) is 78.4 Å². The molecule has 3 aromatic carbocycles. The first-order valence-electron chi connectivity index (χ1n) is 45.5. The molecule has 0 saturated carbocycles. The third-order valence-electron chi connectivity index (χ3n) is 24.3. The van der Waals surface area contributed by atoms with Crippen LogP contribution in [0, 0.1) is 17.1 Å². The summed E-state index contributed by atoms with van der Waals surface area (Å²) in [7, 11) is 3.87. The highest BCUT2D eigenvalue weighted by atomic mass is 32.2. The van der Waals surface area contributed by atoms with Crippen molar-refractivity contribution in [1.82, 2.24) is 103 Å². The lowest BCUT2D eigenvalue weighted by Crippen LogP contribution is -2.62. The fraction of sp³-hybridized carbons (Fsp3) is 0.527. The van der Waals surface area contributed by atoms with Crippen LogP contribution in [0.1, 0.15) is 140 Å². The fourth-order valence-electron chi connectivity index (χ4n) is 16.8. The smallest absolute Gasteiger partial charge is 0.246 e. The van der Waals surface area contributed by atoms with Gasteiger partial charge < -0.3 is 125 Å². The van der Waals surface area contributed by atoms with Crippen LogP contribution in [0.5, 0.6) is 0 Å². The quantitative estimate of drug-likeness (QED) is 0.0152. The monoisotopic (exact) mass is 1910 g/mol. The van der Waals surface area contributed by atoms with E-state index < -0.39 is 247 Å². The number of aromatic amines is 3. The number of fused-ring (bicyclic) bond motifs is 4. The van der Waals surface area contributed by atoms with E-state index in [0.717, 1.165) is 48.4 Å². The molecule has 17 amide bonds. The summed E-state index contributed by atoms with van der Waals surface area (Å²) < 4.78 is 14.4. The minimum Gasteiger partial charge on any atom is -0.394 e. The minimum absolute atomic E-state index is 0.0169. The number of aliphatic hydroxyl groups excluding tert-OH is 2. The number of guanidine groups is 1. The zero-order valence-electron chi connectivity index (χ0n) is 77.5. The van der Waals surface area contributed by atoms with Crippen molar-refractivity contribution in [3.05, 3.63) is 126 Å². The number of para-hydroxylation sites is 2. The van der Waals surface area contributed by atoms with Crippen LogP contribution in [-0.2, 0) is 107 Å².